The van der Waals surface area contributed by atoms with Crippen molar-refractivity contribution < 1.29 is 19.5 Å². The van der Waals surface area contributed by atoms with Crippen LogP contribution in [0.2, 0.25) is 0 Å². The Bertz CT molecular complexity index is 1260. The van der Waals surface area contributed by atoms with E-state index in [0.717, 1.165) is 24.5 Å². The molecule has 1 aliphatic rings. The first-order chi connectivity index (χ1) is 16.8. The lowest BCUT2D eigenvalue weighted by Gasteiger charge is -2.26. The summed E-state index contributed by atoms with van der Waals surface area (Å²) >= 11 is 0. The molecule has 178 valence electrons. The molecule has 0 spiro atoms. The lowest BCUT2D eigenvalue weighted by Crippen LogP contribution is -2.45. The minimum absolute atomic E-state index is 0.0968. The monoisotopic (exact) mass is 471 g/mol. The second-order valence-electron chi connectivity index (χ2n) is 7.71. The zero-order chi connectivity index (χ0) is 25.5. The molecule has 35 heavy (non-hydrogen) atoms. The highest BCUT2D eigenvalue weighted by atomic mass is 16.4. The number of amides is 2. The van der Waals surface area contributed by atoms with Gasteiger partial charge in [-0.05, 0) is 74.4 Å². The first-order valence-corrected chi connectivity index (χ1v) is 11.0. The van der Waals surface area contributed by atoms with Crippen LogP contribution in [0, 0.1) is 6.57 Å². The van der Waals surface area contributed by atoms with E-state index in [-0.39, 0.29) is 16.8 Å². The standard InChI is InChI=1S/C26H25N5O4/c1-5-30(6-2)21-13-11-20(12-14-21)29-28-19-9-7-18(8-10-19)15-22-17(3)24(27-4)26(35)31(25(22)34)16-23(32)33/h7-15H,5-6,16H2,1-3H3,(H,32,33)/b22-15-,29-28+. The van der Waals surface area contributed by atoms with Gasteiger partial charge in [0.1, 0.15) is 6.54 Å². The van der Waals surface area contributed by atoms with Crippen molar-refractivity contribution in [3.63, 3.8) is 0 Å². The van der Waals surface area contributed by atoms with E-state index < -0.39 is 24.3 Å². The molecule has 0 aliphatic carbocycles. The van der Waals surface area contributed by atoms with Crippen molar-refractivity contribution in [2.45, 2.75) is 20.8 Å². The Hall–Kier alpha value is -4.58. The predicted molar refractivity (Wildman–Crippen MR) is 132 cm³/mol. The molecule has 0 saturated carbocycles. The Kier molecular flexibility index (Phi) is 7.89. The van der Waals surface area contributed by atoms with Gasteiger partial charge < -0.3 is 10.0 Å². The van der Waals surface area contributed by atoms with Crippen LogP contribution in [0.15, 0.2) is 75.6 Å². The number of carbonyl (C=O) groups excluding carboxylic acids is 2. The van der Waals surface area contributed by atoms with E-state index >= 15 is 0 Å². The average Bonchev–Trinajstić information content (AvgIpc) is 2.85. The highest BCUT2D eigenvalue weighted by Crippen LogP contribution is 2.28. The molecule has 1 heterocycles. The molecule has 2 amide bonds. The van der Waals surface area contributed by atoms with Crippen molar-refractivity contribution in [1.82, 2.24) is 4.90 Å². The fraction of sp³-hybridized carbons (Fsp3) is 0.231. The Morgan fingerprint density at radius 2 is 1.54 bits per heavy atom. The third-order valence-electron chi connectivity index (χ3n) is 5.55. The van der Waals surface area contributed by atoms with Crippen LogP contribution in [0.3, 0.4) is 0 Å². The van der Waals surface area contributed by atoms with Crippen molar-refractivity contribution in [1.29, 1.82) is 0 Å². The normalized spacial score (nSPS) is 15.1. The highest BCUT2D eigenvalue weighted by molar-refractivity contribution is 6.19. The predicted octanol–water partition coefficient (Wildman–Crippen LogP) is 4.98. The number of nitrogens with zero attached hydrogens (tertiary/aromatic N) is 5. The number of carboxylic acids is 1. The van der Waals surface area contributed by atoms with E-state index in [1.165, 1.54) is 13.0 Å². The first-order valence-electron chi connectivity index (χ1n) is 11.0. The zero-order valence-electron chi connectivity index (χ0n) is 19.7. The third-order valence-corrected chi connectivity index (χ3v) is 5.55. The molecule has 1 aliphatic heterocycles. The average molecular weight is 472 g/mol. The third kappa shape index (κ3) is 5.68. The number of azo groups is 1. The maximum atomic E-state index is 12.8. The number of carboxylic acid groups (broad SMARTS) is 1. The number of benzene rings is 2. The summed E-state index contributed by atoms with van der Waals surface area (Å²) in [5.41, 5.74) is 3.12. The minimum atomic E-state index is -1.34. The molecular formula is C26H25N5O4. The quantitative estimate of drug-likeness (QED) is 0.253. The van der Waals surface area contributed by atoms with Gasteiger partial charge in [-0.25, -0.2) is 4.85 Å². The summed E-state index contributed by atoms with van der Waals surface area (Å²) in [6, 6.07) is 14.7. The molecule has 0 unspecified atom stereocenters. The summed E-state index contributed by atoms with van der Waals surface area (Å²) in [5.74, 6) is -2.99. The van der Waals surface area contributed by atoms with Crippen molar-refractivity contribution in [2.75, 3.05) is 24.5 Å². The van der Waals surface area contributed by atoms with Gasteiger partial charge >= 0.3 is 5.97 Å². The summed E-state index contributed by atoms with van der Waals surface area (Å²) in [5, 5.41) is 17.6. The molecular weight excluding hydrogens is 446 g/mol. The van der Waals surface area contributed by atoms with Crippen molar-refractivity contribution in [3.05, 3.63) is 82.4 Å². The van der Waals surface area contributed by atoms with Crippen LogP contribution in [-0.4, -0.2) is 47.4 Å². The van der Waals surface area contributed by atoms with E-state index in [1.54, 1.807) is 24.3 Å². The smallest absolute Gasteiger partial charge is 0.323 e. The van der Waals surface area contributed by atoms with Gasteiger partial charge in [0.05, 0.1) is 17.9 Å². The van der Waals surface area contributed by atoms with Gasteiger partial charge in [-0.3, -0.25) is 19.3 Å². The molecule has 2 aromatic carbocycles. The Balaban J connectivity index is 1.81. The molecule has 1 N–H and O–H groups in total. The summed E-state index contributed by atoms with van der Waals surface area (Å²) in [4.78, 5) is 42.2. The lowest BCUT2D eigenvalue weighted by atomic mass is 9.96. The first kappa shape index (κ1) is 25.1. The number of anilines is 1. The van der Waals surface area contributed by atoms with Crippen molar-refractivity contribution in [2.24, 2.45) is 10.2 Å². The van der Waals surface area contributed by atoms with Gasteiger partial charge in [0.25, 0.3) is 17.5 Å². The molecule has 9 nitrogen and oxygen atoms in total. The molecule has 3 rings (SSSR count). The maximum Gasteiger partial charge on any atom is 0.323 e. The maximum absolute atomic E-state index is 12.8. The number of hydrogen-bond acceptors (Lipinski definition) is 6. The van der Waals surface area contributed by atoms with Gasteiger partial charge in [-0.1, -0.05) is 12.1 Å². The number of aliphatic carboxylic acids is 1. The molecule has 0 radical (unpaired) electrons. The topological polar surface area (TPSA) is 107 Å². The van der Waals surface area contributed by atoms with Crippen LogP contribution < -0.4 is 4.90 Å². The van der Waals surface area contributed by atoms with Crippen LogP contribution in [0.1, 0.15) is 26.3 Å². The Morgan fingerprint density at radius 1 is 1.00 bits per heavy atom. The zero-order valence-corrected chi connectivity index (χ0v) is 19.7. The lowest BCUT2D eigenvalue weighted by molar-refractivity contribution is -0.149. The summed E-state index contributed by atoms with van der Waals surface area (Å²) in [6.45, 7) is 14.0. The highest BCUT2D eigenvalue weighted by Gasteiger charge is 2.36. The SMILES string of the molecule is [C-]#[N+]C1=C(C)/C(=C/c2ccc(/N=N/c3ccc(N(CC)CC)cc3)cc2)C(=O)N(CC(=O)O)C1=O. The second-order valence-corrected chi connectivity index (χ2v) is 7.71. The minimum Gasteiger partial charge on any atom is -0.480 e. The molecule has 0 atom stereocenters. The summed E-state index contributed by atoms with van der Waals surface area (Å²) < 4.78 is 0. The van der Waals surface area contributed by atoms with Crippen LogP contribution in [0.5, 0.6) is 0 Å². The Labute approximate surface area is 203 Å². The van der Waals surface area contributed by atoms with E-state index in [2.05, 4.69) is 33.8 Å². The van der Waals surface area contributed by atoms with Gasteiger partial charge in [-0.15, -0.1) is 0 Å². The number of carbonyl (C=O) groups is 3. The molecule has 0 aromatic heterocycles. The van der Waals surface area contributed by atoms with Gasteiger partial charge in [0.15, 0.2) is 0 Å². The van der Waals surface area contributed by atoms with E-state index in [1.807, 2.05) is 24.3 Å². The molecule has 9 heteroatoms. The van der Waals surface area contributed by atoms with Crippen molar-refractivity contribution >= 4 is 40.9 Å². The fourth-order valence-corrected chi connectivity index (χ4v) is 3.63. The second kappa shape index (κ2) is 11.0. The summed E-state index contributed by atoms with van der Waals surface area (Å²) in [7, 11) is 0. The van der Waals surface area contributed by atoms with E-state index in [9.17, 15) is 14.4 Å². The van der Waals surface area contributed by atoms with Crippen LogP contribution in [-0.2, 0) is 14.4 Å². The van der Waals surface area contributed by atoms with Crippen LogP contribution in [0.4, 0.5) is 17.1 Å². The van der Waals surface area contributed by atoms with Gasteiger partial charge in [0, 0.05) is 24.4 Å². The van der Waals surface area contributed by atoms with Crippen LogP contribution >= 0.6 is 0 Å². The van der Waals surface area contributed by atoms with Gasteiger partial charge in [0.2, 0.25) is 0 Å². The largest absolute Gasteiger partial charge is 0.480 e. The number of rotatable bonds is 8. The molecule has 0 fully saturated rings. The fourth-order valence-electron chi connectivity index (χ4n) is 3.63. The van der Waals surface area contributed by atoms with Gasteiger partial charge in [-0.2, -0.15) is 10.2 Å². The molecule has 2 aromatic rings. The van der Waals surface area contributed by atoms with E-state index in [0.29, 0.717) is 16.2 Å². The Morgan fingerprint density at radius 3 is 2.03 bits per heavy atom. The van der Waals surface area contributed by atoms with Crippen molar-refractivity contribution in [3.8, 4) is 0 Å². The molecule has 0 bridgehead atoms. The summed E-state index contributed by atoms with van der Waals surface area (Å²) in [6.07, 6.45) is 1.52. The number of imide groups is 1. The number of hydrogen-bond donors (Lipinski definition) is 1. The van der Waals surface area contributed by atoms with E-state index in [4.69, 9.17) is 11.7 Å². The molecule has 0 saturated heterocycles. The van der Waals surface area contributed by atoms with Crippen LogP contribution in [0.25, 0.3) is 10.9 Å².